The van der Waals surface area contributed by atoms with Gasteiger partial charge in [-0.2, -0.15) is 0 Å². The van der Waals surface area contributed by atoms with Crippen LogP contribution in [0.25, 0.3) is 0 Å². The molecule has 168 valence electrons. The second-order valence-electron chi connectivity index (χ2n) is 7.91. The Kier molecular flexibility index (Phi) is 10.4. The van der Waals surface area contributed by atoms with Crippen LogP contribution in [0.1, 0.15) is 73.9 Å². The third kappa shape index (κ3) is 7.30. The van der Waals surface area contributed by atoms with E-state index in [9.17, 15) is 14.4 Å². The topological polar surface area (TPSA) is 78.5 Å². The fourth-order valence-electron chi connectivity index (χ4n) is 4.08. The van der Waals surface area contributed by atoms with Gasteiger partial charge in [0.05, 0.1) is 6.04 Å². The molecule has 1 atom stereocenters. The minimum Gasteiger partial charge on any atom is -0.317 e. The number of amides is 2. The summed E-state index contributed by atoms with van der Waals surface area (Å²) in [7, 11) is 1.84. The Bertz CT molecular complexity index is 819. The minimum absolute atomic E-state index is 0.228. The lowest BCUT2D eigenvalue weighted by molar-refractivity contribution is -0.137. The highest BCUT2D eigenvalue weighted by Crippen LogP contribution is 2.20. The average molecular weight is 426 g/mol. The van der Waals surface area contributed by atoms with E-state index in [1.54, 1.807) is 6.07 Å². The highest BCUT2D eigenvalue weighted by atomic mass is 16.2. The number of hydrogen-bond donors (Lipinski definition) is 2. The predicted octanol–water partition coefficient (Wildman–Crippen LogP) is 2.89. The van der Waals surface area contributed by atoms with Crippen LogP contribution >= 0.6 is 0 Å². The standard InChI is InChI=1S/C23H29N3O3.C2H6/c1-26(21-9-10-22(28)25-23(21)29)15-20-18(7-4-8-19(20)16-27)6-3-2-5-17-11-13-24-14-12-17;1-2/h4,7-8,16-17,21,24H,2,5,9-15H2,1H3,(H,25,28,29);1-2H3. The molecule has 1 aromatic carbocycles. The quantitative estimate of drug-likeness (QED) is 0.416. The van der Waals surface area contributed by atoms with Crippen LogP contribution in [0.5, 0.6) is 0 Å². The Balaban J connectivity index is 0.00000166. The average Bonchev–Trinajstić information content (AvgIpc) is 2.79. The molecule has 0 spiro atoms. The first-order valence-corrected chi connectivity index (χ1v) is 11.4. The fraction of sp³-hybridized carbons (Fsp3) is 0.560. The monoisotopic (exact) mass is 425 g/mol. The van der Waals surface area contributed by atoms with Crippen molar-refractivity contribution in [1.82, 2.24) is 15.5 Å². The number of nitrogens with zero attached hydrogens (tertiary/aromatic N) is 1. The molecule has 0 bridgehead atoms. The van der Waals surface area contributed by atoms with Gasteiger partial charge in [0.15, 0.2) is 0 Å². The van der Waals surface area contributed by atoms with Gasteiger partial charge < -0.3 is 5.32 Å². The van der Waals surface area contributed by atoms with Crippen molar-refractivity contribution in [3.8, 4) is 11.8 Å². The van der Waals surface area contributed by atoms with Gasteiger partial charge in [-0.3, -0.25) is 24.6 Å². The second-order valence-corrected chi connectivity index (χ2v) is 7.91. The molecule has 0 radical (unpaired) electrons. The normalized spacial score (nSPS) is 19.0. The van der Waals surface area contributed by atoms with Crippen molar-refractivity contribution in [3.05, 3.63) is 34.9 Å². The molecule has 31 heavy (non-hydrogen) atoms. The van der Waals surface area contributed by atoms with Gasteiger partial charge in [-0.1, -0.05) is 37.8 Å². The Labute approximate surface area is 186 Å². The molecule has 3 rings (SSSR count). The van der Waals surface area contributed by atoms with Crippen LogP contribution in [0.3, 0.4) is 0 Å². The van der Waals surface area contributed by atoms with E-state index in [4.69, 9.17) is 0 Å². The maximum Gasteiger partial charge on any atom is 0.243 e. The van der Waals surface area contributed by atoms with Crippen molar-refractivity contribution in [1.29, 1.82) is 0 Å². The molecule has 6 nitrogen and oxygen atoms in total. The summed E-state index contributed by atoms with van der Waals surface area (Å²) in [5, 5.41) is 5.77. The van der Waals surface area contributed by atoms with E-state index in [1.807, 2.05) is 37.9 Å². The largest absolute Gasteiger partial charge is 0.317 e. The number of likely N-dealkylation sites (N-methyl/N-ethyl adjacent to an activating group) is 1. The number of imide groups is 1. The number of benzene rings is 1. The molecule has 2 amide bonds. The van der Waals surface area contributed by atoms with E-state index in [1.165, 1.54) is 12.8 Å². The third-order valence-electron chi connectivity index (χ3n) is 5.85. The van der Waals surface area contributed by atoms with Gasteiger partial charge >= 0.3 is 0 Å². The summed E-state index contributed by atoms with van der Waals surface area (Å²) in [5.74, 6) is 6.76. The van der Waals surface area contributed by atoms with Crippen molar-refractivity contribution in [2.24, 2.45) is 5.92 Å². The van der Waals surface area contributed by atoms with E-state index < -0.39 is 0 Å². The smallest absolute Gasteiger partial charge is 0.243 e. The first-order chi connectivity index (χ1) is 15.1. The van der Waals surface area contributed by atoms with Gasteiger partial charge in [-0.05, 0) is 63.4 Å². The predicted molar refractivity (Wildman–Crippen MR) is 123 cm³/mol. The third-order valence-corrected chi connectivity index (χ3v) is 5.85. The van der Waals surface area contributed by atoms with E-state index in [0.29, 0.717) is 24.9 Å². The van der Waals surface area contributed by atoms with Crippen LogP contribution in [0.15, 0.2) is 18.2 Å². The lowest BCUT2D eigenvalue weighted by Crippen LogP contribution is -2.51. The fourth-order valence-corrected chi connectivity index (χ4v) is 4.08. The first kappa shape index (κ1) is 24.8. The maximum atomic E-state index is 12.2. The summed E-state index contributed by atoms with van der Waals surface area (Å²) in [6, 6.07) is 5.17. The van der Waals surface area contributed by atoms with E-state index in [0.717, 1.165) is 49.3 Å². The molecule has 2 saturated heterocycles. The minimum atomic E-state index is -0.381. The van der Waals surface area contributed by atoms with Gasteiger partial charge in [0.25, 0.3) is 0 Å². The number of piperidine rings is 2. The highest BCUT2D eigenvalue weighted by molar-refractivity contribution is 6.00. The Morgan fingerprint density at radius 3 is 2.58 bits per heavy atom. The zero-order valence-electron chi connectivity index (χ0n) is 19.0. The second kappa shape index (κ2) is 13.0. The molecule has 2 heterocycles. The molecular weight excluding hydrogens is 390 g/mol. The molecule has 0 aromatic heterocycles. The van der Waals surface area contributed by atoms with E-state index in [2.05, 4.69) is 22.5 Å². The van der Waals surface area contributed by atoms with Crippen molar-refractivity contribution in [2.75, 3.05) is 20.1 Å². The number of hydrogen-bond acceptors (Lipinski definition) is 5. The van der Waals surface area contributed by atoms with Crippen LogP contribution in [0.4, 0.5) is 0 Å². The zero-order valence-corrected chi connectivity index (χ0v) is 19.0. The van der Waals surface area contributed by atoms with E-state index in [-0.39, 0.29) is 17.9 Å². The number of carbonyl (C=O) groups is 3. The van der Waals surface area contributed by atoms with Gasteiger partial charge in [-0.25, -0.2) is 0 Å². The lowest BCUT2D eigenvalue weighted by Gasteiger charge is -2.30. The Hall–Kier alpha value is -2.49. The van der Waals surface area contributed by atoms with Crippen LogP contribution in [-0.2, 0) is 16.1 Å². The van der Waals surface area contributed by atoms with Crippen LogP contribution < -0.4 is 10.6 Å². The maximum absolute atomic E-state index is 12.2. The van der Waals surface area contributed by atoms with Gasteiger partial charge in [-0.15, -0.1) is 0 Å². The molecule has 2 aliphatic rings. The number of aldehydes is 1. The molecule has 0 saturated carbocycles. The summed E-state index contributed by atoms with van der Waals surface area (Å²) in [6.45, 7) is 6.62. The summed E-state index contributed by atoms with van der Waals surface area (Å²) in [4.78, 5) is 37.0. The van der Waals surface area contributed by atoms with Gasteiger partial charge in [0.2, 0.25) is 11.8 Å². The summed E-state index contributed by atoms with van der Waals surface area (Å²) >= 11 is 0. The summed E-state index contributed by atoms with van der Waals surface area (Å²) in [6.07, 6.45) is 6.04. The SMILES string of the molecule is CC.CN(Cc1c(C#CCCC2CCNCC2)cccc1C=O)C1CCC(=O)NC1=O. The Morgan fingerprint density at radius 1 is 1.16 bits per heavy atom. The molecule has 1 unspecified atom stereocenters. The summed E-state index contributed by atoms with van der Waals surface area (Å²) in [5.41, 5.74) is 2.26. The molecule has 1 aromatic rings. The molecule has 2 fully saturated rings. The highest BCUT2D eigenvalue weighted by Gasteiger charge is 2.30. The van der Waals surface area contributed by atoms with Crippen LogP contribution in [-0.4, -0.2) is 49.2 Å². The van der Waals surface area contributed by atoms with Crippen LogP contribution in [0.2, 0.25) is 0 Å². The molecule has 6 heteroatoms. The molecule has 2 N–H and O–H groups in total. The van der Waals surface area contributed by atoms with Gasteiger partial charge in [0, 0.05) is 30.5 Å². The number of nitrogens with one attached hydrogen (secondary N) is 2. The number of rotatable bonds is 6. The molecular formula is C25H35N3O3. The zero-order chi connectivity index (χ0) is 22.6. The van der Waals surface area contributed by atoms with Gasteiger partial charge in [0.1, 0.15) is 6.29 Å². The van der Waals surface area contributed by atoms with Crippen molar-refractivity contribution in [2.45, 2.75) is 65.0 Å². The van der Waals surface area contributed by atoms with E-state index >= 15 is 0 Å². The van der Waals surface area contributed by atoms with Crippen molar-refractivity contribution >= 4 is 18.1 Å². The summed E-state index contributed by atoms with van der Waals surface area (Å²) < 4.78 is 0. The molecule has 2 aliphatic heterocycles. The van der Waals surface area contributed by atoms with Crippen LogP contribution in [0, 0.1) is 17.8 Å². The van der Waals surface area contributed by atoms with Crippen molar-refractivity contribution in [3.63, 3.8) is 0 Å². The Morgan fingerprint density at radius 2 is 1.90 bits per heavy atom. The lowest BCUT2D eigenvalue weighted by atomic mass is 9.93. The number of carbonyl (C=O) groups excluding carboxylic acids is 3. The first-order valence-electron chi connectivity index (χ1n) is 11.4. The van der Waals surface area contributed by atoms with Crippen molar-refractivity contribution < 1.29 is 14.4 Å². The molecule has 0 aliphatic carbocycles.